The summed E-state index contributed by atoms with van der Waals surface area (Å²) in [6.07, 6.45) is -2.43. The van der Waals surface area contributed by atoms with Gasteiger partial charge in [0, 0.05) is 28.5 Å². The van der Waals surface area contributed by atoms with Gasteiger partial charge in [-0.1, -0.05) is 21.1 Å². The maximum atomic E-state index is 13.7. The van der Waals surface area contributed by atoms with Crippen LogP contribution in [0.15, 0.2) is 52.4 Å². The first-order chi connectivity index (χ1) is 15.0. The summed E-state index contributed by atoms with van der Waals surface area (Å²) < 4.78 is 54.7. The summed E-state index contributed by atoms with van der Waals surface area (Å²) in [5.41, 5.74) is 4.82. The second-order valence-corrected chi connectivity index (χ2v) is 7.78. The van der Waals surface area contributed by atoms with Crippen LogP contribution < -0.4 is 5.73 Å². The van der Waals surface area contributed by atoms with Crippen LogP contribution in [0.4, 0.5) is 17.6 Å². The number of amidine groups is 1. The maximum absolute atomic E-state index is 13.7. The summed E-state index contributed by atoms with van der Waals surface area (Å²) >= 11 is 3.12. The van der Waals surface area contributed by atoms with E-state index in [1.165, 1.54) is 35.0 Å². The van der Waals surface area contributed by atoms with E-state index < -0.39 is 23.7 Å². The smallest absolute Gasteiger partial charge is 0.380 e. The van der Waals surface area contributed by atoms with Gasteiger partial charge < -0.3 is 15.1 Å². The van der Waals surface area contributed by atoms with Gasteiger partial charge in [-0.05, 0) is 44.2 Å². The third-order valence-corrected chi connectivity index (χ3v) is 4.74. The van der Waals surface area contributed by atoms with E-state index >= 15 is 0 Å². The third kappa shape index (κ3) is 5.13. The molecule has 0 unspecified atom stereocenters. The first-order valence-electron chi connectivity index (χ1n) is 9.10. The van der Waals surface area contributed by atoms with Gasteiger partial charge in [-0.25, -0.2) is 14.2 Å². The minimum atomic E-state index is -4.59. The number of alkyl halides is 3. The predicted octanol–water partition coefficient (Wildman–Crippen LogP) is 4.92. The predicted molar refractivity (Wildman–Crippen MR) is 111 cm³/mol. The Morgan fingerprint density at radius 3 is 2.56 bits per heavy atom. The van der Waals surface area contributed by atoms with Crippen LogP contribution in [0.2, 0.25) is 0 Å². The Labute approximate surface area is 188 Å². The number of hydrogen-bond donors (Lipinski definition) is 1. The van der Waals surface area contributed by atoms with Gasteiger partial charge in [-0.3, -0.25) is 4.98 Å². The number of aromatic nitrogens is 3. The minimum Gasteiger partial charge on any atom is -0.380 e. The molecule has 0 aliphatic heterocycles. The molecule has 1 aromatic carbocycles. The summed E-state index contributed by atoms with van der Waals surface area (Å²) in [4.78, 5) is 24.5. The van der Waals surface area contributed by atoms with E-state index in [2.05, 4.69) is 35.9 Å². The monoisotopic (exact) mass is 513 g/mol. The number of carbonyl (C=O) groups is 1. The second kappa shape index (κ2) is 9.07. The number of rotatable bonds is 5. The number of nitrogens with two attached hydrogens (primary N) is 1. The summed E-state index contributed by atoms with van der Waals surface area (Å²) in [6, 6.07) is 6.28. The Bertz CT molecular complexity index is 1170. The van der Waals surface area contributed by atoms with Crippen LogP contribution in [0, 0.1) is 5.82 Å². The molecule has 0 bridgehead atoms. The molecule has 2 N–H and O–H groups in total. The quantitative estimate of drug-likeness (QED) is 0.172. The molecular weight excluding hydrogens is 498 g/mol. The Hall–Kier alpha value is -3.28. The molecule has 168 valence electrons. The largest absolute Gasteiger partial charge is 0.434 e. The highest BCUT2D eigenvalue weighted by Crippen LogP contribution is 2.32. The molecular formula is C20H16BrF4N5O2. The second-order valence-electron chi connectivity index (χ2n) is 6.86. The topological polar surface area (TPSA) is 95.4 Å². The van der Waals surface area contributed by atoms with Crippen LogP contribution in [0.5, 0.6) is 0 Å². The fourth-order valence-corrected chi connectivity index (χ4v) is 3.00. The van der Waals surface area contributed by atoms with Gasteiger partial charge >= 0.3 is 12.1 Å². The molecule has 0 spiro atoms. The van der Waals surface area contributed by atoms with Crippen molar-refractivity contribution in [2.75, 3.05) is 0 Å². The summed E-state index contributed by atoms with van der Waals surface area (Å²) in [5.74, 6) is -2.06. The van der Waals surface area contributed by atoms with Crippen LogP contribution in [-0.2, 0) is 11.0 Å². The van der Waals surface area contributed by atoms with Gasteiger partial charge in [0.25, 0.3) is 0 Å². The molecule has 32 heavy (non-hydrogen) atoms. The lowest BCUT2D eigenvalue weighted by Gasteiger charge is -2.11. The van der Waals surface area contributed by atoms with Crippen molar-refractivity contribution >= 4 is 27.7 Å². The summed E-state index contributed by atoms with van der Waals surface area (Å²) in [6.45, 7) is 3.43. The third-order valence-electron chi connectivity index (χ3n) is 4.24. The number of oxime groups is 1. The highest BCUT2D eigenvalue weighted by Gasteiger charge is 2.35. The molecule has 0 saturated heterocycles. The van der Waals surface area contributed by atoms with Crippen LogP contribution in [0.1, 0.15) is 41.5 Å². The molecule has 0 fully saturated rings. The molecule has 0 radical (unpaired) electrons. The zero-order valence-corrected chi connectivity index (χ0v) is 18.3. The Balaban J connectivity index is 1.82. The van der Waals surface area contributed by atoms with Gasteiger partial charge in [0.15, 0.2) is 17.4 Å². The van der Waals surface area contributed by atoms with E-state index in [0.29, 0.717) is 4.47 Å². The molecule has 3 aromatic rings. The number of benzene rings is 1. The fourth-order valence-electron chi connectivity index (χ4n) is 2.64. The molecule has 0 amide bonds. The van der Waals surface area contributed by atoms with E-state index in [9.17, 15) is 22.4 Å². The average molecular weight is 514 g/mol. The lowest BCUT2D eigenvalue weighted by molar-refractivity contribution is -0.140. The van der Waals surface area contributed by atoms with Crippen molar-refractivity contribution in [2.24, 2.45) is 10.9 Å². The Kier molecular flexibility index (Phi) is 6.63. The van der Waals surface area contributed by atoms with Crippen molar-refractivity contribution in [1.29, 1.82) is 0 Å². The van der Waals surface area contributed by atoms with Crippen molar-refractivity contribution in [1.82, 2.24) is 14.5 Å². The highest BCUT2D eigenvalue weighted by molar-refractivity contribution is 9.10. The van der Waals surface area contributed by atoms with E-state index in [-0.39, 0.29) is 34.5 Å². The lowest BCUT2D eigenvalue weighted by atomic mass is 10.2. The number of pyridine rings is 1. The normalized spacial score (nSPS) is 12.3. The van der Waals surface area contributed by atoms with Gasteiger partial charge in [0.2, 0.25) is 0 Å². The Morgan fingerprint density at radius 1 is 1.25 bits per heavy atom. The number of halogens is 5. The number of imidazole rings is 1. The van der Waals surface area contributed by atoms with Crippen LogP contribution in [-0.4, -0.2) is 26.3 Å². The van der Waals surface area contributed by atoms with Crippen LogP contribution in [0.25, 0.3) is 11.5 Å². The first-order valence-corrected chi connectivity index (χ1v) is 9.89. The highest BCUT2D eigenvalue weighted by atomic mass is 79.9. The summed E-state index contributed by atoms with van der Waals surface area (Å²) in [5, 5.41) is 3.48. The number of hydrogen-bond acceptors (Lipinski definition) is 5. The summed E-state index contributed by atoms with van der Waals surface area (Å²) in [7, 11) is 0. The van der Waals surface area contributed by atoms with Gasteiger partial charge in [0.1, 0.15) is 11.5 Å². The zero-order valence-electron chi connectivity index (χ0n) is 16.7. The molecule has 2 heterocycles. The maximum Gasteiger partial charge on any atom is 0.434 e. The zero-order chi connectivity index (χ0) is 23.6. The SMILES string of the molecule is CC(C)n1cc(C(F)(F)F)nc1-c1ccc(/C(N)=N/OC(=O)c2cc(Br)ccc2F)cn1. The Morgan fingerprint density at radius 2 is 1.97 bits per heavy atom. The van der Waals surface area contributed by atoms with Crippen molar-refractivity contribution < 1.29 is 27.2 Å². The fraction of sp³-hybridized carbons (Fsp3) is 0.200. The number of nitrogens with zero attached hydrogens (tertiary/aromatic N) is 4. The van der Waals surface area contributed by atoms with Crippen molar-refractivity contribution in [3.63, 3.8) is 0 Å². The van der Waals surface area contributed by atoms with Crippen molar-refractivity contribution in [2.45, 2.75) is 26.1 Å². The van der Waals surface area contributed by atoms with Crippen molar-refractivity contribution in [3.05, 3.63) is 69.8 Å². The molecule has 0 atom stereocenters. The van der Waals surface area contributed by atoms with Crippen LogP contribution in [0.3, 0.4) is 0 Å². The standard InChI is InChI=1S/C20H16BrF4N5O2/c1-10(2)30-9-16(20(23,24)25)28-18(30)15-6-3-11(8-27-15)17(26)29-32-19(31)13-7-12(21)4-5-14(13)22/h3-10H,1-2H3,(H2,26,29). The van der Waals surface area contributed by atoms with Gasteiger partial charge in [-0.2, -0.15) is 13.2 Å². The van der Waals surface area contributed by atoms with E-state index in [1.54, 1.807) is 13.8 Å². The van der Waals surface area contributed by atoms with E-state index in [1.807, 2.05) is 0 Å². The van der Waals surface area contributed by atoms with Gasteiger partial charge in [-0.15, -0.1) is 0 Å². The lowest BCUT2D eigenvalue weighted by Crippen LogP contribution is -2.16. The molecule has 7 nitrogen and oxygen atoms in total. The first kappa shape index (κ1) is 23.4. The van der Waals surface area contributed by atoms with Crippen LogP contribution >= 0.6 is 15.9 Å². The average Bonchev–Trinajstić information content (AvgIpc) is 3.20. The van der Waals surface area contributed by atoms with E-state index in [0.717, 1.165) is 12.3 Å². The molecule has 0 saturated carbocycles. The number of carbonyl (C=O) groups excluding carboxylic acids is 1. The molecule has 2 aromatic heterocycles. The molecule has 3 rings (SSSR count). The molecule has 0 aliphatic carbocycles. The van der Waals surface area contributed by atoms with Gasteiger partial charge in [0.05, 0.1) is 5.56 Å². The molecule has 0 aliphatic rings. The molecule has 12 heteroatoms. The van der Waals surface area contributed by atoms with E-state index in [4.69, 9.17) is 5.73 Å². The minimum absolute atomic E-state index is 0.0333. The van der Waals surface area contributed by atoms with Crippen molar-refractivity contribution in [3.8, 4) is 11.5 Å².